The first-order chi connectivity index (χ1) is 8.58. The minimum absolute atomic E-state index is 0.229. The fourth-order valence-corrected chi connectivity index (χ4v) is 2.42. The van der Waals surface area contributed by atoms with Crippen molar-refractivity contribution in [1.29, 1.82) is 0 Å². The Morgan fingerprint density at radius 2 is 2.22 bits per heavy atom. The molecule has 98 valence electrons. The van der Waals surface area contributed by atoms with E-state index in [2.05, 4.69) is 34.6 Å². The Labute approximate surface area is 111 Å². The number of hydrogen-bond donors (Lipinski definition) is 1. The van der Waals surface area contributed by atoms with Crippen molar-refractivity contribution < 1.29 is 4.42 Å². The summed E-state index contributed by atoms with van der Waals surface area (Å²) in [5, 5.41) is 10.0. The quantitative estimate of drug-likeness (QED) is 0.898. The summed E-state index contributed by atoms with van der Waals surface area (Å²) >= 11 is 1.76. The topological polar surface area (TPSA) is 68.2 Å². The molecule has 0 radical (unpaired) electrons. The Hall–Kier alpha value is -1.40. The smallest absolute Gasteiger partial charge is 0.318 e. The van der Waals surface area contributed by atoms with E-state index in [9.17, 15) is 0 Å². The number of hydrogen-bond acceptors (Lipinski definition) is 6. The zero-order valence-electron chi connectivity index (χ0n) is 10.8. The second-order valence-corrected chi connectivity index (χ2v) is 5.49. The summed E-state index contributed by atoms with van der Waals surface area (Å²) in [6.45, 7) is 3.96. The van der Waals surface area contributed by atoms with Crippen LogP contribution in [0.1, 0.15) is 30.7 Å². The number of likely N-dealkylation sites (N-methyl/N-ethyl adjacent to an activating group) is 1. The molecule has 18 heavy (non-hydrogen) atoms. The third-order valence-electron chi connectivity index (χ3n) is 2.86. The van der Waals surface area contributed by atoms with Crippen molar-refractivity contribution in [2.75, 3.05) is 11.9 Å². The normalized spacial score (nSPS) is 14.4. The van der Waals surface area contributed by atoms with Crippen molar-refractivity contribution in [3.8, 4) is 0 Å². The van der Waals surface area contributed by atoms with E-state index < -0.39 is 0 Å². The molecule has 5 nitrogen and oxygen atoms in total. The van der Waals surface area contributed by atoms with Crippen LogP contribution in [0.15, 0.2) is 21.9 Å². The summed E-state index contributed by atoms with van der Waals surface area (Å²) in [5.74, 6) is 0.472. The Kier molecular flexibility index (Phi) is 3.98. The highest BCUT2D eigenvalue weighted by atomic mass is 32.1. The van der Waals surface area contributed by atoms with Gasteiger partial charge in [-0.1, -0.05) is 11.2 Å². The third-order valence-corrected chi connectivity index (χ3v) is 3.76. The average Bonchev–Trinajstić information content (AvgIpc) is 2.98. The lowest BCUT2D eigenvalue weighted by molar-refractivity contribution is 0.451. The number of nitrogens with zero attached hydrogens (tertiary/aromatic N) is 3. The van der Waals surface area contributed by atoms with Gasteiger partial charge in [0.25, 0.3) is 0 Å². The van der Waals surface area contributed by atoms with Crippen molar-refractivity contribution >= 4 is 17.4 Å². The summed E-state index contributed by atoms with van der Waals surface area (Å²) in [5.41, 5.74) is 5.70. The maximum atomic E-state index is 5.70. The van der Waals surface area contributed by atoms with Crippen molar-refractivity contribution in [2.24, 2.45) is 5.73 Å². The van der Waals surface area contributed by atoms with E-state index in [1.165, 1.54) is 4.88 Å². The van der Waals surface area contributed by atoms with E-state index in [0.29, 0.717) is 17.9 Å². The van der Waals surface area contributed by atoms with Crippen LogP contribution in [-0.4, -0.2) is 23.3 Å². The summed E-state index contributed by atoms with van der Waals surface area (Å²) in [4.78, 5) is 3.33. The van der Waals surface area contributed by atoms with E-state index in [1.807, 2.05) is 18.9 Å². The predicted molar refractivity (Wildman–Crippen MR) is 72.8 cm³/mol. The van der Waals surface area contributed by atoms with Gasteiger partial charge >= 0.3 is 6.01 Å². The molecule has 0 aliphatic carbocycles. The molecule has 0 aliphatic rings. The van der Waals surface area contributed by atoms with Crippen LogP contribution in [-0.2, 0) is 6.42 Å². The van der Waals surface area contributed by atoms with Gasteiger partial charge in [0.1, 0.15) is 0 Å². The van der Waals surface area contributed by atoms with E-state index in [-0.39, 0.29) is 6.04 Å². The van der Waals surface area contributed by atoms with Crippen LogP contribution < -0.4 is 10.6 Å². The molecule has 2 aromatic rings. The molecule has 2 aromatic heterocycles. The first-order valence-electron chi connectivity index (χ1n) is 5.92. The lowest BCUT2D eigenvalue weighted by Crippen LogP contribution is -2.30. The van der Waals surface area contributed by atoms with E-state index in [0.717, 1.165) is 6.42 Å². The van der Waals surface area contributed by atoms with Gasteiger partial charge in [-0.15, -0.1) is 16.4 Å². The third kappa shape index (κ3) is 2.88. The standard InChI is InChI=1S/C12H18N4OS/c1-8(7-10-5-4-6-18-10)16(3)12-15-14-11(17-12)9(2)13/h4-6,8-9H,7,13H2,1-3H3. The maximum Gasteiger partial charge on any atom is 0.318 e. The number of rotatable bonds is 5. The van der Waals surface area contributed by atoms with Crippen LogP contribution in [0.3, 0.4) is 0 Å². The van der Waals surface area contributed by atoms with Gasteiger partial charge in [-0.05, 0) is 25.3 Å². The molecule has 2 unspecified atom stereocenters. The Morgan fingerprint density at radius 1 is 1.44 bits per heavy atom. The lowest BCUT2D eigenvalue weighted by Gasteiger charge is -2.22. The Balaban J connectivity index is 2.03. The SMILES string of the molecule is CC(N)c1nnc(N(C)C(C)Cc2cccs2)o1. The van der Waals surface area contributed by atoms with E-state index >= 15 is 0 Å². The van der Waals surface area contributed by atoms with Crippen LogP contribution in [0.4, 0.5) is 6.01 Å². The Morgan fingerprint density at radius 3 is 2.78 bits per heavy atom. The molecule has 0 aliphatic heterocycles. The van der Waals surface area contributed by atoms with Gasteiger partial charge in [-0.3, -0.25) is 0 Å². The van der Waals surface area contributed by atoms with Crippen molar-refractivity contribution in [2.45, 2.75) is 32.4 Å². The largest absolute Gasteiger partial charge is 0.406 e. The predicted octanol–water partition coefficient (Wildman–Crippen LogP) is 2.22. The summed E-state index contributed by atoms with van der Waals surface area (Å²) < 4.78 is 5.53. The molecular weight excluding hydrogens is 248 g/mol. The lowest BCUT2D eigenvalue weighted by atomic mass is 10.2. The zero-order valence-corrected chi connectivity index (χ0v) is 11.6. The minimum Gasteiger partial charge on any atom is -0.406 e. The molecular formula is C12H18N4OS. The van der Waals surface area contributed by atoms with Crippen LogP contribution in [0.2, 0.25) is 0 Å². The summed E-state index contributed by atoms with van der Waals surface area (Å²) in [6.07, 6.45) is 0.962. The molecule has 0 saturated heterocycles. The van der Waals surface area contributed by atoms with Crippen molar-refractivity contribution in [3.05, 3.63) is 28.3 Å². The van der Waals surface area contributed by atoms with Gasteiger partial charge in [-0.25, -0.2) is 0 Å². The number of thiophene rings is 1. The number of anilines is 1. The van der Waals surface area contributed by atoms with Crippen LogP contribution in [0.5, 0.6) is 0 Å². The van der Waals surface area contributed by atoms with Crippen LogP contribution >= 0.6 is 11.3 Å². The minimum atomic E-state index is -0.229. The van der Waals surface area contributed by atoms with Gasteiger partial charge in [0.05, 0.1) is 6.04 Å². The van der Waals surface area contributed by atoms with E-state index in [4.69, 9.17) is 10.2 Å². The highest BCUT2D eigenvalue weighted by molar-refractivity contribution is 7.09. The highest BCUT2D eigenvalue weighted by Gasteiger charge is 2.18. The first-order valence-corrected chi connectivity index (χ1v) is 6.80. The monoisotopic (exact) mass is 266 g/mol. The molecule has 2 heterocycles. The molecule has 0 bridgehead atoms. The van der Waals surface area contributed by atoms with Gasteiger partial charge in [0.15, 0.2) is 0 Å². The molecule has 0 saturated carbocycles. The summed E-state index contributed by atoms with van der Waals surface area (Å²) in [7, 11) is 1.96. The molecule has 0 aromatic carbocycles. The molecule has 2 N–H and O–H groups in total. The molecule has 0 amide bonds. The molecule has 2 rings (SSSR count). The van der Waals surface area contributed by atoms with Crippen LogP contribution in [0, 0.1) is 0 Å². The fourth-order valence-electron chi connectivity index (χ4n) is 1.60. The summed E-state index contributed by atoms with van der Waals surface area (Å²) in [6, 6.07) is 4.78. The molecule has 0 fully saturated rings. The molecule has 2 atom stereocenters. The second kappa shape index (κ2) is 5.49. The average molecular weight is 266 g/mol. The number of nitrogens with two attached hydrogens (primary N) is 1. The van der Waals surface area contributed by atoms with Gasteiger partial charge in [0, 0.05) is 24.4 Å². The van der Waals surface area contributed by atoms with Crippen molar-refractivity contribution in [3.63, 3.8) is 0 Å². The van der Waals surface area contributed by atoms with Crippen LogP contribution in [0.25, 0.3) is 0 Å². The highest BCUT2D eigenvalue weighted by Crippen LogP contribution is 2.19. The zero-order chi connectivity index (χ0) is 13.1. The van der Waals surface area contributed by atoms with Gasteiger partial charge in [-0.2, -0.15) is 0 Å². The van der Waals surface area contributed by atoms with Gasteiger partial charge in [0.2, 0.25) is 5.89 Å². The maximum absolute atomic E-state index is 5.70. The first kappa shape index (κ1) is 13.0. The number of aromatic nitrogens is 2. The molecule has 0 spiro atoms. The second-order valence-electron chi connectivity index (χ2n) is 4.45. The van der Waals surface area contributed by atoms with Crippen molar-refractivity contribution in [1.82, 2.24) is 10.2 Å². The van der Waals surface area contributed by atoms with E-state index in [1.54, 1.807) is 11.3 Å². The molecule has 6 heteroatoms. The fraction of sp³-hybridized carbons (Fsp3) is 0.500. The van der Waals surface area contributed by atoms with Gasteiger partial charge < -0.3 is 15.1 Å². The Bertz CT molecular complexity index is 480.